The van der Waals surface area contributed by atoms with Gasteiger partial charge in [0.2, 0.25) is 0 Å². The third-order valence-electron chi connectivity index (χ3n) is 6.54. The van der Waals surface area contributed by atoms with Gasteiger partial charge in [0.1, 0.15) is 46.9 Å². The number of rotatable bonds is 4. The maximum absolute atomic E-state index is 15.3. The second-order valence-corrected chi connectivity index (χ2v) is 8.57. The molecule has 0 spiro atoms. The Balaban J connectivity index is 2.65. The lowest BCUT2D eigenvalue weighted by Gasteiger charge is -2.44. The van der Waals surface area contributed by atoms with Crippen molar-refractivity contribution in [3.63, 3.8) is 0 Å². The van der Waals surface area contributed by atoms with Crippen LogP contribution in [0.3, 0.4) is 0 Å². The molecule has 0 saturated carbocycles. The van der Waals surface area contributed by atoms with Gasteiger partial charge in [0.25, 0.3) is 0 Å². The van der Waals surface area contributed by atoms with Crippen LogP contribution in [0.1, 0.15) is 0 Å². The molecule has 0 aliphatic heterocycles. The Kier molecular flexibility index (Phi) is 7.68. The van der Waals surface area contributed by atoms with Crippen LogP contribution in [0.4, 0.5) is 79.0 Å². The summed E-state index contributed by atoms with van der Waals surface area (Å²) in [6.07, 6.45) is -6.78. The normalized spacial score (nSPS) is 12.0. The van der Waals surface area contributed by atoms with Crippen molar-refractivity contribution in [2.75, 3.05) is 0 Å². The molecule has 0 aliphatic rings. The van der Waals surface area contributed by atoms with Crippen LogP contribution >= 0.6 is 0 Å². The Labute approximate surface area is 224 Å². The fourth-order valence-corrected chi connectivity index (χ4v) is 4.81. The molecule has 0 aromatic heterocycles. The Morgan fingerprint density at radius 3 is 0.698 bits per heavy atom. The topological polar surface area (TPSA) is 0 Å². The molecular weight excluding hydrogens is 641 g/mol. The van der Waals surface area contributed by atoms with Gasteiger partial charge in [0.05, 0.1) is 5.82 Å². The molecule has 0 amide bonds. The molecule has 0 nitrogen and oxygen atoms in total. The first kappa shape index (κ1) is 31.6. The second-order valence-electron chi connectivity index (χ2n) is 8.57. The minimum atomic E-state index is -6.78. The van der Waals surface area contributed by atoms with Crippen molar-refractivity contribution in [3.05, 3.63) is 117 Å². The first-order valence-electron chi connectivity index (χ1n) is 10.7. The van der Waals surface area contributed by atoms with Crippen LogP contribution in [0.15, 0.2) is 12.1 Å². The van der Waals surface area contributed by atoms with Crippen LogP contribution in [-0.4, -0.2) is 6.15 Å². The van der Waals surface area contributed by atoms with E-state index in [2.05, 4.69) is 0 Å². The average molecular weight is 643 g/mol. The van der Waals surface area contributed by atoms with Gasteiger partial charge < -0.3 is 0 Å². The number of benzene rings is 4. The molecule has 0 heterocycles. The number of hydrogen-bond acceptors (Lipinski definition) is 0. The Morgan fingerprint density at radius 1 is 0.233 bits per heavy atom. The smallest absolute Gasteiger partial charge is 0.200 e. The summed E-state index contributed by atoms with van der Waals surface area (Å²) in [4.78, 5) is 0. The Morgan fingerprint density at radius 2 is 0.442 bits per heavy atom. The fraction of sp³-hybridized carbons (Fsp3) is 0. The summed E-state index contributed by atoms with van der Waals surface area (Å²) < 4.78 is 265. The molecule has 0 unspecified atom stereocenters. The van der Waals surface area contributed by atoms with Crippen LogP contribution in [0.25, 0.3) is 0 Å². The van der Waals surface area contributed by atoms with Gasteiger partial charge in [-0.25, -0.2) is 79.0 Å². The molecule has 43 heavy (non-hydrogen) atoms. The van der Waals surface area contributed by atoms with Crippen molar-refractivity contribution in [1.82, 2.24) is 0 Å². The summed E-state index contributed by atoms with van der Waals surface area (Å²) >= 11 is 0. The Bertz CT molecular complexity index is 1610. The number of halogens is 18. The molecule has 0 aliphatic carbocycles. The molecule has 0 saturated heterocycles. The highest BCUT2D eigenvalue weighted by atomic mass is 19.2. The number of hydrogen-bond donors (Lipinski definition) is 0. The van der Waals surface area contributed by atoms with Crippen molar-refractivity contribution in [1.29, 1.82) is 0 Å². The maximum Gasteiger partial charge on any atom is 0.200 e. The molecule has 4 aromatic carbocycles. The molecule has 0 radical (unpaired) electrons. The van der Waals surface area contributed by atoms with E-state index in [1.54, 1.807) is 0 Å². The lowest BCUT2D eigenvalue weighted by Crippen LogP contribution is -2.81. The SMILES string of the molecule is Fc1ccc(F)c([B-](c2c(F)c(F)c(F)c(F)c2F)(c2c(F)c(F)c(F)c(F)c2F)c2c(F)c(F)c(F)c(F)c2F)c1F. The second kappa shape index (κ2) is 10.4. The summed E-state index contributed by atoms with van der Waals surface area (Å²) in [7, 11) is 0. The molecule has 0 fully saturated rings. The molecule has 19 heteroatoms. The van der Waals surface area contributed by atoms with Crippen molar-refractivity contribution in [2.45, 2.75) is 0 Å². The monoisotopic (exact) mass is 643 g/mol. The van der Waals surface area contributed by atoms with E-state index in [0.717, 1.165) is 0 Å². The minimum absolute atomic E-state index is 0.273. The molecule has 4 aromatic rings. The Hall–Kier alpha value is -4.32. The summed E-state index contributed by atoms with van der Waals surface area (Å²) in [5.41, 5.74) is -12.9. The van der Waals surface area contributed by atoms with E-state index >= 15 is 35.1 Å². The first-order valence-corrected chi connectivity index (χ1v) is 10.7. The fourth-order valence-electron chi connectivity index (χ4n) is 4.81. The van der Waals surface area contributed by atoms with Gasteiger partial charge in [-0.15, -0.1) is 21.9 Å². The third-order valence-corrected chi connectivity index (χ3v) is 6.54. The van der Waals surface area contributed by atoms with Crippen molar-refractivity contribution < 1.29 is 79.0 Å². The average Bonchev–Trinajstić information content (AvgIpc) is 2.97. The highest BCUT2D eigenvalue weighted by molar-refractivity contribution is 7.20. The van der Waals surface area contributed by atoms with E-state index in [0.29, 0.717) is 0 Å². The van der Waals surface area contributed by atoms with Gasteiger partial charge in [-0.3, -0.25) is 0 Å². The first-order chi connectivity index (χ1) is 19.9. The molecule has 4 rings (SSSR count). The van der Waals surface area contributed by atoms with Crippen LogP contribution in [0, 0.1) is 105 Å². The van der Waals surface area contributed by atoms with Gasteiger partial charge >= 0.3 is 0 Å². The maximum atomic E-state index is 15.3. The zero-order chi connectivity index (χ0) is 32.6. The van der Waals surface area contributed by atoms with Gasteiger partial charge in [0.15, 0.2) is 58.2 Å². The van der Waals surface area contributed by atoms with E-state index in [4.69, 9.17) is 0 Å². The minimum Gasteiger partial charge on any atom is -0.210 e. The van der Waals surface area contributed by atoms with E-state index < -0.39 is 139 Å². The van der Waals surface area contributed by atoms with E-state index in [1.807, 2.05) is 0 Å². The molecule has 0 atom stereocenters. The van der Waals surface area contributed by atoms with Gasteiger partial charge in [-0.05, 0) is 12.1 Å². The largest absolute Gasteiger partial charge is 0.210 e. The van der Waals surface area contributed by atoms with Gasteiger partial charge in [-0.2, -0.15) is 0 Å². The third kappa shape index (κ3) is 4.06. The summed E-state index contributed by atoms with van der Waals surface area (Å²) in [5.74, 6) is -59.3. The molecule has 228 valence electrons. The molecular formula is C24H2BF18-. The van der Waals surface area contributed by atoms with E-state index in [1.165, 1.54) is 0 Å². The van der Waals surface area contributed by atoms with Crippen molar-refractivity contribution in [2.24, 2.45) is 0 Å². The highest BCUT2D eigenvalue weighted by Gasteiger charge is 2.51. The predicted octanol–water partition coefficient (Wildman–Crippen LogP) is 5.57. The standard InChI is InChI=1S/C24H2BF18/c26-3-1-2-4(27)9(28)5(3)25(6-10(29)16(35)22(41)17(36)11(6)30,7-12(31)18(37)23(42)19(38)13(7)32)8-14(33)20(39)24(43)21(40)15(8)34/h1-2H/q-1. The lowest BCUT2D eigenvalue weighted by molar-refractivity contribution is 0.379. The van der Waals surface area contributed by atoms with Crippen LogP contribution < -0.4 is 21.9 Å². The van der Waals surface area contributed by atoms with Crippen LogP contribution in [0.5, 0.6) is 0 Å². The summed E-state index contributed by atoms with van der Waals surface area (Å²) in [6.45, 7) is 0. The van der Waals surface area contributed by atoms with E-state index in [9.17, 15) is 43.9 Å². The summed E-state index contributed by atoms with van der Waals surface area (Å²) in [6, 6.07) is -0.682. The van der Waals surface area contributed by atoms with Crippen molar-refractivity contribution in [3.8, 4) is 0 Å². The molecule has 0 N–H and O–H groups in total. The summed E-state index contributed by atoms with van der Waals surface area (Å²) in [5, 5.41) is 0. The highest BCUT2D eigenvalue weighted by Crippen LogP contribution is 2.29. The van der Waals surface area contributed by atoms with Crippen LogP contribution in [-0.2, 0) is 0 Å². The van der Waals surface area contributed by atoms with Gasteiger partial charge in [0, 0.05) is 0 Å². The zero-order valence-electron chi connectivity index (χ0n) is 19.5. The van der Waals surface area contributed by atoms with Crippen LogP contribution in [0.2, 0.25) is 0 Å². The predicted molar refractivity (Wildman–Crippen MR) is 109 cm³/mol. The van der Waals surface area contributed by atoms with Crippen molar-refractivity contribution >= 4 is 28.0 Å². The van der Waals surface area contributed by atoms with E-state index in [-0.39, 0.29) is 6.07 Å². The van der Waals surface area contributed by atoms with Gasteiger partial charge in [-0.1, -0.05) is 0 Å². The zero-order valence-corrected chi connectivity index (χ0v) is 19.5. The quantitative estimate of drug-likeness (QED) is 0.118. The molecule has 0 bridgehead atoms. The lowest BCUT2D eigenvalue weighted by atomic mass is 9.12.